The third-order valence-electron chi connectivity index (χ3n) is 4.13. The molecule has 120 valence electrons. The average molecular weight is 295 g/mol. The first kappa shape index (κ1) is 17.9. The molecule has 0 aromatic rings. The molecule has 0 aromatic heterocycles. The number of Topliss-reactive ketones (excluding diaryl/α,β-unsaturated/α-hetero) is 1. The normalized spacial score (nSPS) is 18.6. The quantitative estimate of drug-likeness (QED) is 0.433. The summed E-state index contributed by atoms with van der Waals surface area (Å²) in [5, 5.41) is 0. The molecule has 0 aliphatic carbocycles. The van der Waals surface area contributed by atoms with Crippen LogP contribution in [0.3, 0.4) is 0 Å². The van der Waals surface area contributed by atoms with Crippen LogP contribution in [0.25, 0.3) is 0 Å². The monoisotopic (exact) mass is 295 g/mol. The molecule has 1 saturated heterocycles. The maximum atomic E-state index is 11.7. The first-order valence-electron chi connectivity index (χ1n) is 8.36. The van der Waals surface area contributed by atoms with Gasteiger partial charge in [0.2, 0.25) is 11.8 Å². The van der Waals surface area contributed by atoms with Crippen LogP contribution in [0.4, 0.5) is 0 Å². The summed E-state index contributed by atoms with van der Waals surface area (Å²) in [6, 6.07) is 0. The summed E-state index contributed by atoms with van der Waals surface area (Å²) in [4.78, 5) is 35.5. The van der Waals surface area contributed by atoms with Gasteiger partial charge in [0, 0.05) is 25.3 Å². The molecule has 0 aromatic carbocycles. The number of carbonyl (C=O) groups is 3. The van der Waals surface area contributed by atoms with Gasteiger partial charge < -0.3 is 4.79 Å². The summed E-state index contributed by atoms with van der Waals surface area (Å²) in [6.45, 7) is 4.07. The van der Waals surface area contributed by atoms with E-state index in [9.17, 15) is 14.4 Å². The van der Waals surface area contributed by atoms with Gasteiger partial charge in [-0.15, -0.1) is 0 Å². The molecule has 4 heteroatoms. The van der Waals surface area contributed by atoms with Crippen LogP contribution in [-0.4, -0.2) is 29.0 Å². The largest absolute Gasteiger partial charge is 0.300 e. The van der Waals surface area contributed by atoms with Gasteiger partial charge in [-0.3, -0.25) is 14.5 Å². The van der Waals surface area contributed by atoms with Gasteiger partial charge in [-0.2, -0.15) is 0 Å². The number of hydrogen-bond acceptors (Lipinski definition) is 3. The van der Waals surface area contributed by atoms with E-state index in [0.29, 0.717) is 13.0 Å². The number of carbonyl (C=O) groups excluding carboxylic acids is 3. The second kappa shape index (κ2) is 9.69. The molecule has 0 N–H and O–H groups in total. The van der Waals surface area contributed by atoms with Crippen molar-refractivity contribution in [1.29, 1.82) is 0 Å². The fraction of sp³-hybridized carbons (Fsp3) is 0.824. The Bertz CT molecular complexity index is 365. The van der Waals surface area contributed by atoms with Crippen molar-refractivity contribution in [3.63, 3.8) is 0 Å². The first-order chi connectivity index (χ1) is 10.0. The number of rotatable bonds is 11. The van der Waals surface area contributed by atoms with Crippen molar-refractivity contribution < 1.29 is 14.4 Å². The van der Waals surface area contributed by atoms with Gasteiger partial charge in [-0.05, 0) is 19.8 Å². The van der Waals surface area contributed by atoms with Crippen LogP contribution in [0.5, 0.6) is 0 Å². The van der Waals surface area contributed by atoms with Gasteiger partial charge >= 0.3 is 0 Å². The Morgan fingerprint density at radius 2 is 1.52 bits per heavy atom. The molecule has 0 bridgehead atoms. The van der Waals surface area contributed by atoms with E-state index < -0.39 is 0 Å². The standard InChI is InChI=1S/C17H29NO3/c1-14-13-16(20)18(17(14)21)12-10-8-6-4-3-5-7-9-11-15(2)19/h14H,3-13H2,1-2H3/t14-/m0/s1. The van der Waals surface area contributed by atoms with Crippen LogP contribution in [0.1, 0.15) is 78.1 Å². The minimum absolute atomic E-state index is 0.00188. The maximum Gasteiger partial charge on any atom is 0.232 e. The molecule has 1 aliphatic heterocycles. The van der Waals surface area contributed by atoms with Crippen LogP contribution in [0.15, 0.2) is 0 Å². The minimum Gasteiger partial charge on any atom is -0.300 e. The summed E-state index contributed by atoms with van der Waals surface area (Å²) in [6.07, 6.45) is 10.1. The summed E-state index contributed by atoms with van der Waals surface area (Å²) in [7, 11) is 0. The summed E-state index contributed by atoms with van der Waals surface area (Å²) >= 11 is 0. The van der Waals surface area contributed by atoms with Crippen molar-refractivity contribution in [2.24, 2.45) is 5.92 Å². The molecule has 0 saturated carbocycles. The SMILES string of the molecule is CC(=O)CCCCCCCCCCN1C(=O)C[C@H](C)C1=O. The molecule has 1 heterocycles. The van der Waals surface area contributed by atoms with Crippen molar-refractivity contribution in [2.75, 3.05) is 6.54 Å². The lowest BCUT2D eigenvalue weighted by molar-refractivity contribution is -0.139. The van der Waals surface area contributed by atoms with E-state index in [1.807, 2.05) is 6.92 Å². The molecule has 0 spiro atoms. The fourth-order valence-electron chi connectivity index (χ4n) is 2.79. The molecule has 1 rings (SSSR count). The Hall–Kier alpha value is -1.19. The van der Waals surface area contributed by atoms with Crippen LogP contribution in [-0.2, 0) is 14.4 Å². The molecule has 0 unspecified atom stereocenters. The topological polar surface area (TPSA) is 54.5 Å². The molecule has 0 radical (unpaired) electrons. The lowest BCUT2D eigenvalue weighted by Gasteiger charge is -2.13. The molecular formula is C17H29NO3. The van der Waals surface area contributed by atoms with E-state index >= 15 is 0 Å². The first-order valence-corrected chi connectivity index (χ1v) is 8.36. The van der Waals surface area contributed by atoms with E-state index in [-0.39, 0.29) is 23.5 Å². The van der Waals surface area contributed by atoms with Crippen molar-refractivity contribution in [2.45, 2.75) is 78.1 Å². The highest BCUT2D eigenvalue weighted by Crippen LogP contribution is 2.19. The van der Waals surface area contributed by atoms with E-state index in [1.165, 1.54) is 30.6 Å². The van der Waals surface area contributed by atoms with E-state index in [0.717, 1.165) is 32.1 Å². The van der Waals surface area contributed by atoms with E-state index in [4.69, 9.17) is 0 Å². The molecule has 2 amide bonds. The third-order valence-corrected chi connectivity index (χ3v) is 4.13. The van der Waals surface area contributed by atoms with Gasteiger partial charge in [0.05, 0.1) is 0 Å². The number of likely N-dealkylation sites (tertiary alicyclic amines) is 1. The number of ketones is 1. The van der Waals surface area contributed by atoms with Gasteiger partial charge in [0.1, 0.15) is 5.78 Å². The molecule has 4 nitrogen and oxygen atoms in total. The maximum absolute atomic E-state index is 11.7. The van der Waals surface area contributed by atoms with Crippen LogP contribution < -0.4 is 0 Å². The van der Waals surface area contributed by atoms with Crippen LogP contribution in [0, 0.1) is 5.92 Å². The van der Waals surface area contributed by atoms with E-state index in [1.54, 1.807) is 6.92 Å². The lowest BCUT2D eigenvalue weighted by Crippen LogP contribution is -2.31. The Balaban J connectivity index is 1.92. The molecular weight excluding hydrogens is 266 g/mol. The van der Waals surface area contributed by atoms with Crippen LogP contribution >= 0.6 is 0 Å². The Morgan fingerprint density at radius 1 is 1.00 bits per heavy atom. The Kier molecular flexibility index (Phi) is 8.24. The zero-order valence-electron chi connectivity index (χ0n) is 13.5. The van der Waals surface area contributed by atoms with Crippen LogP contribution in [0.2, 0.25) is 0 Å². The zero-order chi connectivity index (χ0) is 15.7. The second-order valence-corrected chi connectivity index (χ2v) is 6.27. The van der Waals surface area contributed by atoms with Crippen molar-refractivity contribution in [3.8, 4) is 0 Å². The van der Waals surface area contributed by atoms with E-state index in [2.05, 4.69) is 0 Å². The highest BCUT2D eigenvalue weighted by molar-refractivity contribution is 6.03. The zero-order valence-corrected chi connectivity index (χ0v) is 13.5. The molecule has 21 heavy (non-hydrogen) atoms. The number of hydrogen-bond donors (Lipinski definition) is 0. The highest BCUT2D eigenvalue weighted by Gasteiger charge is 2.34. The predicted octanol–water partition coefficient (Wildman–Crippen LogP) is 3.48. The van der Waals surface area contributed by atoms with Crippen molar-refractivity contribution >= 4 is 17.6 Å². The number of nitrogens with zero attached hydrogens (tertiary/aromatic N) is 1. The average Bonchev–Trinajstić information content (AvgIpc) is 2.66. The lowest BCUT2D eigenvalue weighted by atomic mass is 10.1. The predicted molar refractivity (Wildman–Crippen MR) is 82.7 cm³/mol. The molecule has 1 fully saturated rings. The van der Waals surface area contributed by atoms with Crippen molar-refractivity contribution in [1.82, 2.24) is 4.90 Å². The minimum atomic E-state index is -0.118. The highest BCUT2D eigenvalue weighted by atomic mass is 16.2. The Morgan fingerprint density at radius 3 is 2.00 bits per heavy atom. The molecule has 1 atom stereocenters. The Labute approximate surface area is 128 Å². The number of amides is 2. The third kappa shape index (κ3) is 6.87. The van der Waals surface area contributed by atoms with Gasteiger partial charge in [-0.1, -0.05) is 45.4 Å². The smallest absolute Gasteiger partial charge is 0.232 e. The number of unbranched alkanes of at least 4 members (excludes halogenated alkanes) is 7. The van der Waals surface area contributed by atoms with Crippen molar-refractivity contribution in [3.05, 3.63) is 0 Å². The summed E-state index contributed by atoms with van der Waals surface area (Å²) in [5.41, 5.74) is 0. The molecule has 1 aliphatic rings. The summed E-state index contributed by atoms with van der Waals surface area (Å²) in [5.74, 6) is 0.172. The second-order valence-electron chi connectivity index (χ2n) is 6.27. The van der Waals surface area contributed by atoms with Gasteiger partial charge in [-0.25, -0.2) is 0 Å². The number of imide groups is 1. The van der Waals surface area contributed by atoms with Gasteiger partial charge in [0.15, 0.2) is 0 Å². The van der Waals surface area contributed by atoms with Gasteiger partial charge in [0.25, 0.3) is 0 Å². The fourth-order valence-corrected chi connectivity index (χ4v) is 2.79. The summed E-state index contributed by atoms with van der Waals surface area (Å²) < 4.78 is 0.